The maximum atomic E-state index is 9.51. The zero-order valence-corrected chi connectivity index (χ0v) is 8.75. The van der Waals surface area contributed by atoms with Gasteiger partial charge in [-0.2, -0.15) is 4.98 Å². The van der Waals surface area contributed by atoms with Crippen LogP contribution in [0.5, 0.6) is 23.3 Å². The van der Waals surface area contributed by atoms with E-state index in [1.54, 1.807) is 42.5 Å². The summed E-state index contributed by atoms with van der Waals surface area (Å²) in [6.07, 6.45) is 0. The van der Waals surface area contributed by atoms with Crippen LogP contribution in [0.1, 0.15) is 0 Å². The predicted octanol–water partition coefficient (Wildman–Crippen LogP) is 2.59. The molecule has 0 spiro atoms. The minimum Gasteiger partial charge on any atom is -0.504 e. The summed E-state index contributed by atoms with van der Waals surface area (Å²) in [6.45, 7) is 0. The molecule has 1 aromatic heterocycles. The lowest BCUT2D eigenvalue weighted by molar-refractivity contribution is 0.374. The number of phenols is 1. The molecule has 0 bridgehead atoms. The molecule has 0 aliphatic heterocycles. The fraction of sp³-hybridized carbons (Fsp3) is 0.0833. The summed E-state index contributed by atoms with van der Waals surface area (Å²) in [6, 6.07) is 11.9. The molecular formula is C12H11NO3. The lowest BCUT2D eigenvalue weighted by atomic mass is 10.3. The third kappa shape index (κ3) is 2.23. The summed E-state index contributed by atoms with van der Waals surface area (Å²) in [7, 11) is 1.53. The van der Waals surface area contributed by atoms with Gasteiger partial charge in [0.1, 0.15) is 0 Å². The van der Waals surface area contributed by atoms with Crippen LogP contribution in [0.3, 0.4) is 0 Å². The number of methoxy groups -OCH3 is 1. The Morgan fingerprint density at radius 2 is 1.75 bits per heavy atom. The largest absolute Gasteiger partial charge is 0.504 e. The SMILES string of the molecule is COc1cccc(Oc2ccccc2O)n1. The van der Waals surface area contributed by atoms with Crippen molar-refractivity contribution < 1.29 is 14.6 Å². The Balaban J connectivity index is 2.24. The molecule has 0 unspecified atom stereocenters. The number of rotatable bonds is 3. The van der Waals surface area contributed by atoms with E-state index in [0.29, 0.717) is 17.5 Å². The van der Waals surface area contributed by atoms with Crippen LogP contribution in [0.15, 0.2) is 42.5 Å². The fourth-order valence-corrected chi connectivity index (χ4v) is 1.22. The topological polar surface area (TPSA) is 51.6 Å². The molecule has 0 saturated carbocycles. The van der Waals surface area contributed by atoms with Gasteiger partial charge in [0.2, 0.25) is 11.8 Å². The van der Waals surface area contributed by atoms with E-state index in [-0.39, 0.29) is 5.75 Å². The molecule has 0 saturated heterocycles. The van der Waals surface area contributed by atoms with Gasteiger partial charge in [-0.3, -0.25) is 0 Å². The molecule has 2 rings (SSSR count). The number of pyridine rings is 1. The molecule has 4 heteroatoms. The number of nitrogens with zero attached hydrogens (tertiary/aromatic N) is 1. The Labute approximate surface area is 93.1 Å². The zero-order valence-electron chi connectivity index (χ0n) is 8.75. The molecule has 2 aromatic rings. The van der Waals surface area contributed by atoms with Crippen LogP contribution < -0.4 is 9.47 Å². The van der Waals surface area contributed by atoms with Crippen molar-refractivity contribution in [2.75, 3.05) is 7.11 Å². The molecule has 4 nitrogen and oxygen atoms in total. The quantitative estimate of drug-likeness (QED) is 0.858. The minimum atomic E-state index is 0.0760. The van der Waals surface area contributed by atoms with Gasteiger partial charge in [-0.15, -0.1) is 0 Å². The number of hydrogen-bond acceptors (Lipinski definition) is 4. The maximum absolute atomic E-state index is 9.51. The normalized spacial score (nSPS) is 9.81. The lowest BCUT2D eigenvalue weighted by Gasteiger charge is -2.06. The van der Waals surface area contributed by atoms with Crippen LogP contribution >= 0.6 is 0 Å². The van der Waals surface area contributed by atoms with E-state index in [4.69, 9.17) is 9.47 Å². The first kappa shape index (κ1) is 10.3. The summed E-state index contributed by atoms with van der Waals surface area (Å²) in [5.41, 5.74) is 0. The number of aromatic hydroxyl groups is 1. The molecule has 0 radical (unpaired) electrons. The van der Waals surface area contributed by atoms with Crippen molar-refractivity contribution in [2.45, 2.75) is 0 Å². The van der Waals surface area contributed by atoms with Gasteiger partial charge >= 0.3 is 0 Å². The Bertz CT molecular complexity index is 485. The predicted molar refractivity (Wildman–Crippen MR) is 59.0 cm³/mol. The van der Waals surface area contributed by atoms with Crippen LogP contribution in [0.25, 0.3) is 0 Å². The molecule has 1 N–H and O–H groups in total. The number of benzene rings is 1. The zero-order chi connectivity index (χ0) is 11.4. The van der Waals surface area contributed by atoms with E-state index in [1.165, 1.54) is 7.11 Å². The number of hydrogen-bond donors (Lipinski definition) is 1. The van der Waals surface area contributed by atoms with E-state index in [1.807, 2.05) is 0 Å². The Kier molecular flexibility index (Phi) is 2.91. The highest BCUT2D eigenvalue weighted by molar-refractivity contribution is 5.40. The fourth-order valence-electron chi connectivity index (χ4n) is 1.22. The van der Waals surface area contributed by atoms with Gasteiger partial charge in [0.25, 0.3) is 0 Å². The van der Waals surface area contributed by atoms with Crippen LogP contribution in [0, 0.1) is 0 Å². The van der Waals surface area contributed by atoms with Gasteiger partial charge in [0.15, 0.2) is 11.5 Å². The van der Waals surface area contributed by atoms with Gasteiger partial charge in [-0.25, -0.2) is 0 Å². The number of phenolic OH excluding ortho intramolecular Hbond substituents is 1. The van der Waals surface area contributed by atoms with Crippen molar-refractivity contribution in [1.82, 2.24) is 4.98 Å². The molecule has 0 atom stereocenters. The van der Waals surface area contributed by atoms with Crippen molar-refractivity contribution in [1.29, 1.82) is 0 Å². The summed E-state index contributed by atoms with van der Waals surface area (Å²) in [4.78, 5) is 4.07. The molecular weight excluding hydrogens is 206 g/mol. The van der Waals surface area contributed by atoms with Gasteiger partial charge < -0.3 is 14.6 Å². The molecule has 16 heavy (non-hydrogen) atoms. The molecule has 82 valence electrons. The first-order chi connectivity index (χ1) is 7.79. The Hall–Kier alpha value is -2.23. The monoisotopic (exact) mass is 217 g/mol. The molecule has 1 heterocycles. The van der Waals surface area contributed by atoms with Crippen LogP contribution in [-0.2, 0) is 0 Å². The number of para-hydroxylation sites is 2. The number of ether oxygens (including phenoxy) is 2. The van der Waals surface area contributed by atoms with E-state index >= 15 is 0 Å². The smallest absolute Gasteiger partial charge is 0.222 e. The Morgan fingerprint density at radius 3 is 2.50 bits per heavy atom. The highest BCUT2D eigenvalue weighted by atomic mass is 16.5. The van der Waals surface area contributed by atoms with Crippen molar-refractivity contribution in [3.63, 3.8) is 0 Å². The van der Waals surface area contributed by atoms with Crippen LogP contribution in [0.4, 0.5) is 0 Å². The van der Waals surface area contributed by atoms with Crippen molar-refractivity contribution >= 4 is 0 Å². The molecule has 0 fully saturated rings. The summed E-state index contributed by atoms with van der Waals surface area (Å²) in [5, 5.41) is 9.51. The second-order valence-corrected chi connectivity index (χ2v) is 3.09. The highest BCUT2D eigenvalue weighted by Crippen LogP contribution is 2.29. The van der Waals surface area contributed by atoms with Crippen LogP contribution in [0.2, 0.25) is 0 Å². The van der Waals surface area contributed by atoms with E-state index < -0.39 is 0 Å². The summed E-state index contributed by atoms with van der Waals surface area (Å²) >= 11 is 0. The third-order valence-electron chi connectivity index (χ3n) is 1.99. The minimum absolute atomic E-state index is 0.0760. The van der Waals surface area contributed by atoms with Crippen molar-refractivity contribution in [3.05, 3.63) is 42.5 Å². The summed E-state index contributed by atoms with van der Waals surface area (Å²) in [5.74, 6) is 1.28. The average molecular weight is 217 g/mol. The number of aromatic nitrogens is 1. The molecule has 0 aliphatic carbocycles. The molecule has 0 aliphatic rings. The maximum Gasteiger partial charge on any atom is 0.222 e. The summed E-state index contributed by atoms with van der Waals surface area (Å²) < 4.78 is 10.4. The second kappa shape index (κ2) is 4.53. The third-order valence-corrected chi connectivity index (χ3v) is 1.99. The standard InChI is InChI=1S/C12H11NO3/c1-15-11-7-4-8-12(13-11)16-10-6-3-2-5-9(10)14/h2-8,14H,1H3. The van der Waals surface area contributed by atoms with Crippen molar-refractivity contribution in [2.24, 2.45) is 0 Å². The second-order valence-electron chi connectivity index (χ2n) is 3.09. The van der Waals surface area contributed by atoms with E-state index in [0.717, 1.165) is 0 Å². The van der Waals surface area contributed by atoms with E-state index in [2.05, 4.69) is 4.98 Å². The Morgan fingerprint density at radius 1 is 1.00 bits per heavy atom. The average Bonchev–Trinajstić information content (AvgIpc) is 2.32. The van der Waals surface area contributed by atoms with Crippen LogP contribution in [-0.4, -0.2) is 17.2 Å². The van der Waals surface area contributed by atoms with Gasteiger partial charge in [-0.05, 0) is 12.1 Å². The van der Waals surface area contributed by atoms with Gasteiger partial charge in [-0.1, -0.05) is 18.2 Å². The van der Waals surface area contributed by atoms with Crippen molar-refractivity contribution in [3.8, 4) is 23.3 Å². The first-order valence-corrected chi connectivity index (χ1v) is 4.76. The lowest BCUT2D eigenvalue weighted by Crippen LogP contribution is -1.91. The molecule has 0 amide bonds. The highest BCUT2D eigenvalue weighted by Gasteiger charge is 2.04. The van der Waals surface area contributed by atoms with Gasteiger partial charge in [0.05, 0.1) is 7.11 Å². The molecule has 1 aromatic carbocycles. The first-order valence-electron chi connectivity index (χ1n) is 4.76. The van der Waals surface area contributed by atoms with Gasteiger partial charge in [0, 0.05) is 12.1 Å². The van der Waals surface area contributed by atoms with E-state index in [9.17, 15) is 5.11 Å².